The van der Waals surface area contributed by atoms with Crippen LogP contribution in [-0.2, 0) is 4.74 Å². The van der Waals surface area contributed by atoms with Crippen LogP contribution in [0.15, 0.2) is 30.5 Å². The molecule has 0 spiro atoms. The van der Waals surface area contributed by atoms with E-state index in [9.17, 15) is 4.79 Å². The van der Waals surface area contributed by atoms with E-state index in [-0.39, 0.29) is 0 Å². The summed E-state index contributed by atoms with van der Waals surface area (Å²) in [5.41, 5.74) is 9.70. The number of nitrogens with two attached hydrogens (primary N) is 1. The van der Waals surface area contributed by atoms with E-state index in [0.29, 0.717) is 23.7 Å². The fourth-order valence-corrected chi connectivity index (χ4v) is 1.89. The number of ether oxygens (including phenoxy) is 1. The van der Waals surface area contributed by atoms with Crippen molar-refractivity contribution in [2.75, 3.05) is 17.7 Å². The molecule has 5 nitrogen and oxygen atoms in total. The molecule has 0 unspecified atom stereocenters. The second kappa shape index (κ2) is 6.26. The summed E-state index contributed by atoms with van der Waals surface area (Å²) >= 11 is 0. The maximum Gasteiger partial charge on any atom is 0.340 e. The second-order valence-corrected chi connectivity index (χ2v) is 4.80. The van der Waals surface area contributed by atoms with Crippen LogP contribution in [0.2, 0.25) is 0 Å². The first kappa shape index (κ1) is 14.8. The van der Waals surface area contributed by atoms with Gasteiger partial charge in [0.2, 0.25) is 0 Å². The Labute approximate surface area is 124 Å². The predicted molar refractivity (Wildman–Crippen MR) is 83.8 cm³/mol. The molecule has 0 atom stereocenters. The van der Waals surface area contributed by atoms with Crippen LogP contribution in [0.4, 0.5) is 17.2 Å². The van der Waals surface area contributed by atoms with Crippen LogP contribution in [0.1, 0.15) is 28.4 Å². The lowest BCUT2D eigenvalue weighted by Gasteiger charge is -2.10. The Hall–Kier alpha value is -2.56. The fourth-order valence-electron chi connectivity index (χ4n) is 1.89. The number of hydrogen-bond acceptors (Lipinski definition) is 5. The quantitative estimate of drug-likeness (QED) is 0.843. The lowest BCUT2D eigenvalue weighted by Crippen LogP contribution is -2.09. The molecule has 0 aliphatic carbocycles. The number of carbonyl (C=O) groups is 1. The van der Waals surface area contributed by atoms with Gasteiger partial charge in [0, 0.05) is 5.69 Å². The van der Waals surface area contributed by atoms with Crippen molar-refractivity contribution >= 4 is 23.2 Å². The number of anilines is 3. The number of hydrogen-bond donors (Lipinski definition) is 2. The van der Waals surface area contributed by atoms with Crippen LogP contribution in [0.5, 0.6) is 0 Å². The van der Waals surface area contributed by atoms with Gasteiger partial charge in [-0.3, -0.25) is 0 Å². The van der Waals surface area contributed by atoms with Crippen molar-refractivity contribution < 1.29 is 9.53 Å². The fraction of sp³-hybridized carbons (Fsp3) is 0.250. The molecule has 21 heavy (non-hydrogen) atoms. The lowest BCUT2D eigenvalue weighted by molar-refractivity contribution is 0.0527. The van der Waals surface area contributed by atoms with Gasteiger partial charge in [0.05, 0.1) is 24.1 Å². The number of benzene rings is 1. The van der Waals surface area contributed by atoms with Gasteiger partial charge in [0.15, 0.2) is 0 Å². The summed E-state index contributed by atoms with van der Waals surface area (Å²) in [5.74, 6) is 0.107. The molecule has 5 heteroatoms. The third-order valence-corrected chi connectivity index (χ3v) is 3.21. The number of esters is 1. The minimum atomic E-state index is -0.444. The standard InChI is InChI=1S/C16H19N3O2/c1-4-21-16(20)13-8-15(18-9-14(13)17)19-12-6-5-10(2)11(3)7-12/h5-9H,4,17H2,1-3H3,(H,18,19). The molecule has 1 heterocycles. The SMILES string of the molecule is CCOC(=O)c1cc(Nc2ccc(C)c(C)c2)ncc1N. The number of rotatable bonds is 4. The molecule has 0 saturated heterocycles. The Bertz CT molecular complexity index is 669. The van der Waals surface area contributed by atoms with Gasteiger partial charge in [-0.15, -0.1) is 0 Å². The van der Waals surface area contributed by atoms with Crippen LogP contribution in [-0.4, -0.2) is 17.6 Å². The second-order valence-electron chi connectivity index (χ2n) is 4.80. The minimum Gasteiger partial charge on any atom is -0.462 e. The minimum absolute atomic E-state index is 0.305. The summed E-state index contributed by atoms with van der Waals surface area (Å²) in [5, 5.41) is 3.16. The third kappa shape index (κ3) is 3.51. The van der Waals surface area contributed by atoms with Gasteiger partial charge in [-0.25, -0.2) is 9.78 Å². The Morgan fingerprint density at radius 1 is 1.29 bits per heavy atom. The van der Waals surface area contributed by atoms with Gasteiger partial charge >= 0.3 is 5.97 Å². The summed E-state index contributed by atoms with van der Waals surface area (Å²) < 4.78 is 4.97. The molecule has 0 radical (unpaired) electrons. The molecule has 0 fully saturated rings. The van der Waals surface area contributed by atoms with E-state index in [1.807, 2.05) is 25.1 Å². The van der Waals surface area contributed by atoms with Crippen molar-refractivity contribution in [1.82, 2.24) is 4.98 Å². The van der Waals surface area contributed by atoms with Crippen molar-refractivity contribution in [3.05, 3.63) is 47.2 Å². The highest BCUT2D eigenvalue weighted by molar-refractivity contribution is 5.95. The van der Waals surface area contributed by atoms with Crippen LogP contribution in [0.25, 0.3) is 0 Å². The van der Waals surface area contributed by atoms with Crippen LogP contribution < -0.4 is 11.1 Å². The molecule has 0 bridgehead atoms. The van der Waals surface area contributed by atoms with Crippen LogP contribution in [0, 0.1) is 13.8 Å². The van der Waals surface area contributed by atoms with E-state index in [1.165, 1.54) is 17.3 Å². The van der Waals surface area contributed by atoms with E-state index >= 15 is 0 Å². The van der Waals surface area contributed by atoms with Gasteiger partial charge < -0.3 is 15.8 Å². The molecule has 2 rings (SSSR count). The smallest absolute Gasteiger partial charge is 0.340 e. The zero-order valence-electron chi connectivity index (χ0n) is 12.4. The Balaban J connectivity index is 2.26. The largest absolute Gasteiger partial charge is 0.462 e. The highest BCUT2D eigenvalue weighted by Gasteiger charge is 2.12. The van der Waals surface area contributed by atoms with Crippen molar-refractivity contribution in [1.29, 1.82) is 0 Å². The van der Waals surface area contributed by atoms with Crippen LogP contribution >= 0.6 is 0 Å². The Morgan fingerprint density at radius 3 is 2.71 bits per heavy atom. The van der Waals surface area contributed by atoms with E-state index < -0.39 is 5.97 Å². The van der Waals surface area contributed by atoms with E-state index in [2.05, 4.69) is 17.2 Å². The average Bonchev–Trinajstić information content (AvgIpc) is 2.45. The maximum atomic E-state index is 11.8. The highest BCUT2D eigenvalue weighted by atomic mass is 16.5. The molecule has 0 amide bonds. The summed E-state index contributed by atoms with van der Waals surface area (Å²) in [6.07, 6.45) is 1.45. The molecule has 1 aromatic heterocycles. The van der Waals surface area contributed by atoms with E-state index in [1.54, 1.807) is 13.0 Å². The van der Waals surface area contributed by atoms with E-state index in [4.69, 9.17) is 10.5 Å². The van der Waals surface area contributed by atoms with Gasteiger partial charge in [0.1, 0.15) is 5.82 Å². The molecule has 110 valence electrons. The number of aromatic nitrogens is 1. The van der Waals surface area contributed by atoms with Crippen molar-refractivity contribution in [2.45, 2.75) is 20.8 Å². The van der Waals surface area contributed by atoms with Gasteiger partial charge in [-0.2, -0.15) is 0 Å². The first-order valence-electron chi connectivity index (χ1n) is 6.78. The number of aryl methyl sites for hydroxylation is 2. The van der Waals surface area contributed by atoms with Gasteiger partial charge in [0.25, 0.3) is 0 Å². The van der Waals surface area contributed by atoms with Crippen LogP contribution in [0.3, 0.4) is 0 Å². The highest BCUT2D eigenvalue weighted by Crippen LogP contribution is 2.21. The molecule has 0 aliphatic rings. The third-order valence-electron chi connectivity index (χ3n) is 3.21. The van der Waals surface area contributed by atoms with Crippen molar-refractivity contribution in [3.8, 4) is 0 Å². The Kier molecular flexibility index (Phi) is 4.42. The number of carbonyl (C=O) groups excluding carboxylic acids is 1. The molecule has 2 aromatic rings. The topological polar surface area (TPSA) is 77.2 Å². The monoisotopic (exact) mass is 285 g/mol. The average molecular weight is 285 g/mol. The predicted octanol–water partition coefficient (Wildman–Crippen LogP) is 3.20. The first-order chi connectivity index (χ1) is 10.0. The zero-order valence-corrected chi connectivity index (χ0v) is 12.4. The summed E-state index contributed by atoms with van der Waals surface area (Å²) in [6.45, 7) is 6.16. The number of nitrogens with zero attached hydrogens (tertiary/aromatic N) is 1. The molecular formula is C16H19N3O2. The first-order valence-corrected chi connectivity index (χ1v) is 6.78. The number of pyridine rings is 1. The summed E-state index contributed by atoms with van der Waals surface area (Å²) in [7, 11) is 0. The molecule has 3 N–H and O–H groups in total. The van der Waals surface area contributed by atoms with Gasteiger partial charge in [-0.1, -0.05) is 6.07 Å². The normalized spacial score (nSPS) is 10.2. The molecule has 1 aromatic carbocycles. The molecule has 0 aliphatic heterocycles. The summed E-state index contributed by atoms with van der Waals surface area (Å²) in [4.78, 5) is 16.0. The number of nitrogens with one attached hydrogen (secondary N) is 1. The molecular weight excluding hydrogens is 266 g/mol. The van der Waals surface area contributed by atoms with Crippen molar-refractivity contribution in [2.24, 2.45) is 0 Å². The lowest BCUT2D eigenvalue weighted by atomic mass is 10.1. The number of nitrogen functional groups attached to an aromatic ring is 1. The van der Waals surface area contributed by atoms with Crippen molar-refractivity contribution in [3.63, 3.8) is 0 Å². The zero-order chi connectivity index (χ0) is 15.4. The van der Waals surface area contributed by atoms with E-state index in [0.717, 1.165) is 5.69 Å². The Morgan fingerprint density at radius 2 is 2.05 bits per heavy atom. The maximum absolute atomic E-state index is 11.8. The van der Waals surface area contributed by atoms with Gasteiger partial charge in [-0.05, 0) is 50.1 Å². The summed E-state index contributed by atoms with van der Waals surface area (Å²) in [6, 6.07) is 7.62. The molecule has 0 saturated carbocycles.